The highest BCUT2D eigenvalue weighted by atomic mass is 16.5. The molecule has 0 saturated carbocycles. The number of carbonyl (C=O) groups is 2. The molecule has 0 atom stereocenters. The molecule has 0 aliphatic rings. The second kappa shape index (κ2) is 9.08. The molecule has 6 nitrogen and oxygen atoms in total. The summed E-state index contributed by atoms with van der Waals surface area (Å²) in [5.74, 6) is 1.44. The van der Waals surface area contributed by atoms with E-state index < -0.39 is 5.97 Å². The molecule has 0 bridgehead atoms. The molecule has 2 rings (SSSR count). The van der Waals surface area contributed by atoms with Gasteiger partial charge in [0.2, 0.25) is 5.91 Å². The number of esters is 1. The SMILES string of the molecule is CCOc1ccc(CCC(=O)N(C)Cc2cc(C(=O)OC)c(C)o2)cc1. The van der Waals surface area contributed by atoms with Crippen molar-refractivity contribution in [2.75, 3.05) is 20.8 Å². The smallest absolute Gasteiger partial charge is 0.341 e. The average Bonchev–Trinajstić information content (AvgIpc) is 3.00. The van der Waals surface area contributed by atoms with Gasteiger partial charge in [-0.05, 0) is 44.0 Å². The Balaban J connectivity index is 1.88. The fourth-order valence-corrected chi connectivity index (χ4v) is 2.62. The maximum absolute atomic E-state index is 12.3. The number of benzene rings is 1. The average molecular weight is 359 g/mol. The van der Waals surface area contributed by atoms with E-state index in [-0.39, 0.29) is 5.91 Å². The van der Waals surface area contributed by atoms with Crippen molar-refractivity contribution in [1.82, 2.24) is 4.90 Å². The summed E-state index contributed by atoms with van der Waals surface area (Å²) in [7, 11) is 3.04. The van der Waals surface area contributed by atoms with E-state index >= 15 is 0 Å². The fourth-order valence-electron chi connectivity index (χ4n) is 2.62. The number of hydrogen-bond donors (Lipinski definition) is 0. The number of methoxy groups -OCH3 is 1. The lowest BCUT2D eigenvalue weighted by Crippen LogP contribution is -2.26. The van der Waals surface area contributed by atoms with Gasteiger partial charge in [0.25, 0.3) is 0 Å². The van der Waals surface area contributed by atoms with Gasteiger partial charge in [0.15, 0.2) is 0 Å². The number of hydrogen-bond acceptors (Lipinski definition) is 5. The maximum atomic E-state index is 12.3. The van der Waals surface area contributed by atoms with Gasteiger partial charge in [-0.15, -0.1) is 0 Å². The lowest BCUT2D eigenvalue weighted by atomic mass is 10.1. The van der Waals surface area contributed by atoms with E-state index in [9.17, 15) is 9.59 Å². The Morgan fingerprint density at radius 2 is 1.88 bits per heavy atom. The Morgan fingerprint density at radius 3 is 2.50 bits per heavy atom. The molecule has 0 spiro atoms. The minimum absolute atomic E-state index is 0.00700. The monoisotopic (exact) mass is 359 g/mol. The summed E-state index contributed by atoms with van der Waals surface area (Å²) in [6.07, 6.45) is 1.05. The van der Waals surface area contributed by atoms with Gasteiger partial charge in [-0.2, -0.15) is 0 Å². The van der Waals surface area contributed by atoms with Gasteiger partial charge in [0.1, 0.15) is 22.8 Å². The Morgan fingerprint density at radius 1 is 1.19 bits per heavy atom. The normalized spacial score (nSPS) is 10.5. The van der Waals surface area contributed by atoms with Crippen molar-refractivity contribution in [1.29, 1.82) is 0 Å². The van der Waals surface area contributed by atoms with Gasteiger partial charge in [-0.3, -0.25) is 4.79 Å². The Bertz CT molecular complexity index is 748. The lowest BCUT2D eigenvalue weighted by molar-refractivity contribution is -0.130. The summed E-state index contributed by atoms with van der Waals surface area (Å²) in [4.78, 5) is 25.6. The van der Waals surface area contributed by atoms with E-state index in [0.717, 1.165) is 11.3 Å². The van der Waals surface area contributed by atoms with Gasteiger partial charge in [0, 0.05) is 13.5 Å². The number of aryl methyl sites for hydroxylation is 2. The summed E-state index contributed by atoms with van der Waals surface area (Å²) in [5, 5.41) is 0. The fraction of sp³-hybridized carbons (Fsp3) is 0.400. The van der Waals surface area contributed by atoms with Gasteiger partial charge in [0.05, 0.1) is 20.3 Å². The van der Waals surface area contributed by atoms with E-state index in [1.165, 1.54) is 7.11 Å². The first-order chi connectivity index (χ1) is 12.4. The quantitative estimate of drug-likeness (QED) is 0.676. The van der Waals surface area contributed by atoms with Crippen LogP contribution in [0.25, 0.3) is 0 Å². The minimum Gasteiger partial charge on any atom is -0.494 e. The van der Waals surface area contributed by atoms with Crippen LogP contribution in [0.5, 0.6) is 5.75 Å². The van der Waals surface area contributed by atoms with Gasteiger partial charge < -0.3 is 18.8 Å². The number of ether oxygens (including phenoxy) is 2. The first-order valence-electron chi connectivity index (χ1n) is 8.58. The standard InChI is InChI=1S/C20H25NO5/c1-5-25-16-9-6-15(7-10-16)8-11-19(22)21(3)13-17-12-18(14(2)26-17)20(23)24-4/h6-7,9-10,12H,5,8,11,13H2,1-4H3. The molecule has 1 heterocycles. The van der Waals surface area contributed by atoms with Crippen molar-refractivity contribution in [2.45, 2.75) is 33.2 Å². The largest absolute Gasteiger partial charge is 0.494 e. The van der Waals surface area contributed by atoms with Gasteiger partial charge in [-0.25, -0.2) is 4.79 Å². The zero-order valence-corrected chi connectivity index (χ0v) is 15.7. The molecule has 0 fully saturated rings. The van der Waals surface area contributed by atoms with Crippen LogP contribution in [0, 0.1) is 6.92 Å². The molecule has 1 amide bonds. The highest BCUT2D eigenvalue weighted by Gasteiger charge is 2.17. The van der Waals surface area contributed by atoms with Crippen LogP contribution in [0.1, 0.15) is 40.8 Å². The predicted molar refractivity (Wildman–Crippen MR) is 97.2 cm³/mol. The van der Waals surface area contributed by atoms with Crippen LogP contribution in [0.15, 0.2) is 34.7 Å². The van der Waals surface area contributed by atoms with Gasteiger partial charge >= 0.3 is 5.97 Å². The summed E-state index contributed by atoms with van der Waals surface area (Å²) in [6.45, 7) is 4.58. The molecule has 2 aromatic rings. The molecule has 0 aliphatic heterocycles. The van der Waals surface area contributed by atoms with Crippen LogP contribution in [-0.4, -0.2) is 37.5 Å². The van der Waals surface area contributed by atoms with E-state index in [1.807, 2.05) is 31.2 Å². The van der Waals surface area contributed by atoms with Crippen molar-refractivity contribution in [3.63, 3.8) is 0 Å². The Hall–Kier alpha value is -2.76. The maximum Gasteiger partial charge on any atom is 0.341 e. The third-order valence-corrected chi connectivity index (χ3v) is 4.05. The molecular formula is C20H25NO5. The minimum atomic E-state index is -0.443. The molecule has 26 heavy (non-hydrogen) atoms. The number of carbonyl (C=O) groups excluding carboxylic acids is 2. The molecule has 0 radical (unpaired) electrons. The van der Waals surface area contributed by atoms with Crippen LogP contribution < -0.4 is 4.74 Å². The van der Waals surface area contributed by atoms with E-state index in [1.54, 1.807) is 24.9 Å². The van der Waals surface area contributed by atoms with Gasteiger partial charge in [-0.1, -0.05) is 12.1 Å². The van der Waals surface area contributed by atoms with Crippen LogP contribution >= 0.6 is 0 Å². The summed E-state index contributed by atoms with van der Waals surface area (Å²) < 4.78 is 15.7. The van der Waals surface area contributed by atoms with Crippen molar-refractivity contribution < 1.29 is 23.5 Å². The van der Waals surface area contributed by atoms with Crippen molar-refractivity contribution >= 4 is 11.9 Å². The zero-order chi connectivity index (χ0) is 19.1. The third kappa shape index (κ3) is 5.12. The molecule has 1 aromatic carbocycles. The van der Waals surface area contributed by atoms with Crippen LogP contribution in [-0.2, 0) is 22.5 Å². The molecular weight excluding hydrogens is 334 g/mol. The van der Waals surface area contributed by atoms with Crippen molar-refractivity contribution in [3.05, 3.63) is 53.0 Å². The van der Waals surface area contributed by atoms with E-state index in [0.29, 0.717) is 43.1 Å². The number of rotatable bonds is 8. The molecule has 6 heteroatoms. The van der Waals surface area contributed by atoms with Crippen molar-refractivity contribution in [3.8, 4) is 5.75 Å². The Labute approximate surface area is 153 Å². The van der Waals surface area contributed by atoms with Crippen LogP contribution in [0.4, 0.5) is 0 Å². The first kappa shape index (κ1) is 19.6. The highest BCUT2D eigenvalue weighted by Crippen LogP contribution is 2.18. The van der Waals surface area contributed by atoms with E-state index in [4.69, 9.17) is 13.9 Å². The number of furan rings is 1. The summed E-state index contributed by atoms with van der Waals surface area (Å²) in [6, 6.07) is 9.38. The van der Waals surface area contributed by atoms with Crippen molar-refractivity contribution in [2.24, 2.45) is 0 Å². The third-order valence-electron chi connectivity index (χ3n) is 4.05. The number of nitrogens with zero attached hydrogens (tertiary/aromatic N) is 1. The zero-order valence-electron chi connectivity index (χ0n) is 15.7. The molecule has 140 valence electrons. The first-order valence-corrected chi connectivity index (χ1v) is 8.58. The lowest BCUT2D eigenvalue weighted by Gasteiger charge is -2.15. The summed E-state index contributed by atoms with van der Waals surface area (Å²) in [5.41, 5.74) is 1.47. The molecule has 0 saturated heterocycles. The molecule has 0 N–H and O–H groups in total. The molecule has 0 unspecified atom stereocenters. The number of amides is 1. The molecule has 0 aliphatic carbocycles. The highest BCUT2D eigenvalue weighted by molar-refractivity contribution is 5.90. The Kier molecular flexibility index (Phi) is 6.83. The van der Waals surface area contributed by atoms with Crippen LogP contribution in [0.2, 0.25) is 0 Å². The predicted octanol–water partition coefficient (Wildman–Crippen LogP) is 3.36. The summed E-state index contributed by atoms with van der Waals surface area (Å²) >= 11 is 0. The molecule has 1 aromatic heterocycles. The van der Waals surface area contributed by atoms with Crippen LogP contribution in [0.3, 0.4) is 0 Å². The second-order valence-electron chi connectivity index (χ2n) is 6.00. The van der Waals surface area contributed by atoms with E-state index in [2.05, 4.69) is 0 Å². The topological polar surface area (TPSA) is 69.0 Å². The second-order valence-corrected chi connectivity index (χ2v) is 6.00.